The zero-order chi connectivity index (χ0) is 23.4. The smallest absolute Gasteiger partial charge is 0.290 e. The first kappa shape index (κ1) is 22.9. The fourth-order valence-corrected chi connectivity index (χ4v) is 5.79. The van der Waals surface area contributed by atoms with Crippen LogP contribution in [0, 0.1) is 0 Å². The first-order chi connectivity index (χ1) is 15.9. The van der Waals surface area contributed by atoms with E-state index in [0.29, 0.717) is 23.1 Å². The Morgan fingerprint density at radius 1 is 1.09 bits per heavy atom. The van der Waals surface area contributed by atoms with Crippen molar-refractivity contribution in [3.63, 3.8) is 0 Å². The minimum atomic E-state index is -3.60. The fourth-order valence-electron chi connectivity index (χ4n) is 3.37. The van der Waals surface area contributed by atoms with Gasteiger partial charge in [-0.25, -0.2) is 8.42 Å². The summed E-state index contributed by atoms with van der Waals surface area (Å²) in [6.45, 7) is 0. The number of carbonyl (C=O) groups excluding carboxylic acids is 2. The predicted octanol–water partition coefficient (Wildman–Crippen LogP) is 3.42. The van der Waals surface area contributed by atoms with Gasteiger partial charge >= 0.3 is 0 Å². The van der Waals surface area contributed by atoms with Crippen LogP contribution in [0.4, 0.5) is 5.69 Å². The van der Waals surface area contributed by atoms with E-state index >= 15 is 0 Å². The Labute approximate surface area is 195 Å². The molecule has 0 radical (unpaired) electrons. The van der Waals surface area contributed by atoms with Crippen molar-refractivity contribution in [1.29, 1.82) is 0 Å². The molecule has 2 amide bonds. The number of hydrogen-bond donors (Lipinski definition) is 1. The van der Waals surface area contributed by atoms with Crippen molar-refractivity contribution in [2.75, 3.05) is 24.1 Å². The van der Waals surface area contributed by atoms with Crippen LogP contribution in [0.15, 0.2) is 76.0 Å². The van der Waals surface area contributed by atoms with Gasteiger partial charge in [0.25, 0.3) is 5.91 Å². The largest absolute Gasteiger partial charge is 0.497 e. The summed E-state index contributed by atoms with van der Waals surface area (Å²) in [5.74, 6) is 0.479. The van der Waals surface area contributed by atoms with Crippen molar-refractivity contribution < 1.29 is 27.2 Å². The number of anilines is 1. The van der Waals surface area contributed by atoms with Gasteiger partial charge < -0.3 is 19.4 Å². The highest BCUT2D eigenvalue weighted by molar-refractivity contribution is 7.99. The van der Waals surface area contributed by atoms with Crippen LogP contribution >= 0.6 is 11.8 Å². The Kier molecular flexibility index (Phi) is 6.75. The molecule has 2 heterocycles. The number of sulfone groups is 1. The van der Waals surface area contributed by atoms with Crippen molar-refractivity contribution in [2.24, 2.45) is 0 Å². The lowest BCUT2D eigenvalue weighted by Crippen LogP contribution is -2.44. The Bertz CT molecular complexity index is 1240. The third-order valence-electron chi connectivity index (χ3n) is 5.11. The lowest BCUT2D eigenvalue weighted by Gasteiger charge is -2.22. The number of nitrogens with one attached hydrogen (secondary N) is 1. The number of thioether (sulfide) groups is 1. The molecule has 33 heavy (non-hydrogen) atoms. The maximum atomic E-state index is 13.0. The molecule has 0 saturated carbocycles. The number of ether oxygens (including phenoxy) is 1. The molecule has 0 aliphatic carbocycles. The van der Waals surface area contributed by atoms with Crippen LogP contribution in [0.1, 0.15) is 16.3 Å². The topological polar surface area (TPSA) is 106 Å². The van der Waals surface area contributed by atoms with E-state index in [1.807, 2.05) is 0 Å². The molecule has 8 nitrogen and oxygen atoms in total. The van der Waals surface area contributed by atoms with E-state index in [-0.39, 0.29) is 28.1 Å². The molecule has 0 bridgehead atoms. The molecule has 0 spiro atoms. The van der Waals surface area contributed by atoms with Gasteiger partial charge in [0, 0.05) is 11.4 Å². The predicted molar refractivity (Wildman–Crippen MR) is 125 cm³/mol. The zero-order valence-electron chi connectivity index (χ0n) is 17.8. The lowest BCUT2D eigenvalue weighted by atomic mass is 10.2. The fraction of sp³-hybridized carbons (Fsp3) is 0.217. The number of benzene rings is 2. The second kappa shape index (κ2) is 9.72. The highest BCUT2D eigenvalue weighted by atomic mass is 32.2. The summed E-state index contributed by atoms with van der Waals surface area (Å²) in [5.41, 5.74) is 0.594. The standard InChI is InChI=1S/C23H22N2O6S2/c1-30-17-9-7-16(8-10-17)24-22(26)20-13-32-15-25(20)23(27)21-12-11-18(31-21)14-33(28,29)19-5-3-2-4-6-19/h2-12,20H,13-15H2,1H3,(H,24,26). The zero-order valence-corrected chi connectivity index (χ0v) is 19.4. The van der Waals surface area contributed by atoms with Crippen LogP contribution in [0.3, 0.4) is 0 Å². The van der Waals surface area contributed by atoms with Crippen LogP contribution in [-0.2, 0) is 20.4 Å². The van der Waals surface area contributed by atoms with Crippen molar-refractivity contribution in [3.8, 4) is 5.75 Å². The molecule has 10 heteroatoms. The van der Waals surface area contributed by atoms with Crippen LogP contribution in [0.5, 0.6) is 5.75 Å². The van der Waals surface area contributed by atoms with Gasteiger partial charge in [-0.3, -0.25) is 9.59 Å². The van der Waals surface area contributed by atoms with Crippen LogP contribution in [-0.4, -0.2) is 49.9 Å². The van der Waals surface area contributed by atoms with Gasteiger partial charge in [-0.05, 0) is 48.5 Å². The van der Waals surface area contributed by atoms with Crippen molar-refractivity contribution in [1.82, 2.24) is 4.90 Å². The SMILES string of the molecule is COc1ccc(NC(=O)C2CSCN2C(=O)c2ccc(CS(=O)(=O)c3ccccc3)o2)cc1. The van der Waals surface area contributed by atoms with Gasteiger partial charge in [-0.1, -0.05) is 18.2 Å². The highest BCUT2D eigenvalue weighted by Gasteiger charge is 2.36. The molecular weight excluding hydrogens is 464 g/mol. The van der Waals surface area contributed by atoms with Gasteiger partial charge in [0.2, 0.25) is 5.91 Å². The van der Waals surface area contributed by atoms with E-state index in [9.17, 15) is 18.0 Å². The molecule has 1 aliphatic rings. The van der Waals surface area contributed by atoms with Crippen LogP contribution in [0.25, 0.3) is 0 Å². The molecule has 2 aromatic carbocycles. The van der Waals surface area contributed by atoms with E-state index in [2.05, 4.69) is 5.32 Å². The molecule has 1 N–H and O–H groups in total. The van der Waals surface area contributed by atoms with Crippen LogP contribution < -0.4 is 10.1 Å². The molecule has 172 valence electrons. The summed E-state index contributed by atoms with van der Waals surface area (Å²) in [6.07, 6.45) is 0. The maximum absolute atomic E-state index is 13.0. The second-order valence-corrected chi connectivity index (χ2v) is 10.3. The van der Waals surface area contributed by atoms with E-state index in [1.165, 1.54) is 40.9 Å². The normalized spacial score (nSPS) is 15.9. The number of rotatable bonds is 7. The number of carbonyl (C=O) groups is 2. The summed E-state index contributed by atoms with van der Waals surface area (Å²) < 4.78 is 35.8. The maximum Gasteiger partial charge on any atom is 0.290 e. The number of methoxy groups -OCH3 is 1. The molecule has 4 rings (SSSR count). The number of hydrogen-bond acceptors (Lipinski definition) is 7. The summed E-state index contributed by atoms with van der Waals surface area (Å²) in [7, 11) is -2.04. The summed E-state index contributed by atoms with van der Waals surface area (Å²) in [5, 5.41) is 2.81. The van der Waals surface area contributed by atoms with Crippen molar-refractivity contribution in [3.05, 3.63) is 78.3 Å². The third kappa shape index (κ3) is 5.23. The summed E-state index contributed by atoms with van der Waals surface area (Å²) >= 11 is 1.46. The Morgan fingerprint density at radius 3 is 2.52 bits per heavy atom. The van der Waals surface area contributed by atoms with Crippen LogP contribution in [0.2, 0.25) is 0 Å². The molecular formula is C23H22N2O6S2. The number of amides is 2. The second-order valence-electron chi connectivity index (χ2n) is 7.35. The highest BCUT2D eigenvalue weighted by Crippen LogP contribution is 2.26. The van der Waals surface area contributed by atoms with Gasteiger partial charge in [-0.15, -0.1) is 11.8 Å². The summed E-state index contributed by atoms with van der Waals surface area (Å²) in [4.78, 5) is 27.4. The average Bonchev–Trinajstić information content (AvgIpc) is 3.49. The molecule has 1 atom stereocenters. The van der Waals surface area contributed by atoms with E-state index in [4.69, 9.17) is 9.15 Å². The first-order valence-corrected chi connectivity index (χ1v) is 12.9. The minimum absolute atomic E-state index is 0.00184. The number of furan rings is 1. The molecule has 3 aromatic rings. The Hall–Kier alpha value is -3.24. The minimum Gasteiger partial charge on any atom is -0.497 e. The Morgan fingerprint density at radius 2 is 1.82 bits per heavy atom. The average molecular weight is 487 g/mol. The van der Waals surface area contributed by atoms with Crippen molar-refractivity contribution >= 4 is 39.1 Å². The molecule has 1 fully saturated rings. The van der Waals surface area contributed by atoms with E-state index < -0.39 is 21.8 Å². The molecule has 1 saturated heterocycles. The third-order valence-corrected chi connectivity index (χ3v) is 7.78. The van der Waals surface area contributed by atoms with Gasteiger partial charge in [-0.2, -0.15) is 0 Å². The van der Waals surface area contributed by atoms with Gasteiger partial charge in [0.15, 0.2) is 15.6 Å². The Balaban J connectivity index is 1.44. The quantitative estimate of drug-likeness (QED) is 0.545. The van der Waals surface area contributed by atoms with E-state index in [0.717, 1.165) is 0 Å². The monoisotopic (exact) mass is 486 g/mol. The summed E-state index contributed by atoms with van der Waals surface area (Å²) in [6, 6.07) is 17.2. The van der Waals surface area contributed by atoms with Gasteiger partial charge in [0.1, 0.15) is 23.3 Å². The van der Waals surface area contributed by atoms with Crippen molar-refractivity contribution in [2.45, 2.75) is 16.7 Å². The molecule has 1 aromatic heterocycles. The van der Waals surface area contributed by atoms with E-state index in [1.54, 1.807) is 49.6 Å². The van der Waals surface area contributed by atoms with Gasteiger partial charge in [0.05, 0.1) is 17.9 Å². The first-order valence-electron chi connectivity index (χ1n) is 10.1. The lowest BCUT2D eigenvalue weighted by molar-refractivity contribution is -0.119. The number of nitrogens with zero attached hydrogens (tertiary/aromatic N) is 1. The molecule has 1 unspecified atom stereocenters. The molecule has 1 aliphatic heterocycles.